The van der Waals surface area contributed by atoms with Crippen LogP contribution < -0.4 is 0 Å². The van der Waals surface area contributed by atoms with Crippen LogP contribution in [0.3, 0.4) is 0 Å². The van der Waals surface area contributed by atoms with Gasteiger partial charge in [-0.2, -0.15) is 0 Å². The smallest absolute Gasteiger partial charge is 0.135 e. The fourth-order valence-corrected chi connectivity index (χ4v) is 6.50. The van der Waals surface area contributed by atoms with Crippen molar-refractivity contribution in [1.29, 1.82) is 0 Å². The molecule has 0 amide bonds. The highest BCUT2D eigenvalue weighted by Crippen LogP contribution is 2.38. The summed E-state index contributed by atoms with van der Waals surface area (Å²) in [5.41, 5.74) is 11.6. The first kappa shape index (κ1) is 24.6. The van der Waals surface area contributed by atoms with Crippen LogP contribution in [-0.4, -0.2) is 9.55 Å². The van der Waals surface area contributed by atoms with Crippen molar-refractivity contribution in [3.05, 3.63) is 158 Å². The van der Waals surface area contributed by atoms with Crippen molar-refractivity contribution < 1.29 is 4.42 Å². The zero-order valence-electron chi connectivity index (χ0n) is 23.8. The van der Waals surface area contributed by atoms with Gasteiger partial charge in [0.15, 0.2) is 0 Å². The highest BCUT2D eigenvalue weighted by atomic mass is 16.3. The van der Waals surface area contributed by atoms with Crippen molar-refractivity contribution in [3.8, 4) is 39.3 Å². The quantitative estimate of drug-likeness (QED) is 0.214. The molecular formula is C41H26N2O. The van der Waals surface area contributed by atoms with Gasteiger partial charge in [0, 0.05) is 38.4 Å². The fraction of sp³-hybridized carbons (Fsp3) is 0. The minimum Gasteiger partial charge on any atom is -0.456 e. The topological polar surface area (TPSA) is 31.0 Å². The maximum absolute atomic E-state index is 6.12. The van der Waals surface area contributed by atoms with Crippen molar-refractivity contribution in [2.45, 2.75) is 0 Å². The summed E-state index contributed by atoms with van der Waals surface area (Å²) in [6.07, 6.45) is 0. The Labute approximate surface area is 254 Å². The molecule has 0 aliphatic heterocycles. The Morgan fingerprint density at radius 3 is 1.84 bits per heavy atom. The number of rotatable bonds is 4. The van der Waals surface area contributed by atoms with Gasteiger partial charge in [-0.1, -0.05) is 91.0 Å². The molecule has 3 heteroatoms. The van der Waals surface area contributed by atoms with Gasteiger partial charge in [0.05, 0.1) is 22.4 Å². The van der Waals surface area contributed by atoms with E-state index in [1.165, 1.54) is 21.8 Å². The summed E-state index contributed by atoms with van der Waals surface area (Å²) in [7, 11) is 0. The predicted molar refractivity (Wildman–Crippen MR) is 182 cm³/mol. The van der Waals surface area contributed by atoms with Crippen molar-refractivity contribution in [2.24, 2.45) is 0 Å². The van der Waals surface area contributed by atoms with E-state index in [9.17, 15) is 0 Å². The van der Waals surface area contributed by atoms with Crippen LogP contribution in [0.5, 0.6) is 0 Å². The molecular weight excluding hydrogens is 536 g/mol. The molecule has 0 spiro atoms. The van der Waals surface area contributed by atoms with E-state index in [1.807, 2.05) is 18.2 Å². The first-order valence-corrected chi connectivity index (χ1v) is 14.9. The molecule has 0 radical (unpaired) electrons. The summed E-state index contributed by atoms with van der Waals surface area (Å²) < 4.78 is 8.47. The van der Waals surface area contributed by atoms with Crippen LogP contribution in [0.4, 0.5) is 0 Å². The van der Waals surface area contributed by atoms with E-state index in [-0.39, 0.29) is 0 Å². The molecule has 0 N–H and O–H groups in total. The molecule has 0 bridgehead atoms. The first-order chi connectivity index (χ1) is 21.8. The van der Waals surface area contributed by atoms with Crippen LogP contribution in [0.15, 0.2) is 162 Å². The van der Waals surface area contributed by atoms with Gasteiger partial charge >= 0.3 is 0 Å². The second-order valence-corrected chi connectivity index (χ2v) is 11.2. The number of hydrogen-bond donors (Lipinski definition) is 0. The second kappa shape index (κ2) is 9.82. The number of pyridine rings is 1. The third-order valence-electron chi connectivity index (χ3n) is 8.59. The number of nitrogens with zero attached hydrogens (tertiary/aromatic N) is 2. The molecule has 0 unspecified atom stereocenters. The van der Waals surface area contributed by atoms with Crippen molar-refractivity contribution in [1.82, 2.24) is 9.55 Å². The van der Waals surface area contributed by atoms with Gasteiger partial charge in [-0.3, -0.25) is 0 Å². The molecule has 0 fully saturated rings. The standard InChI is InChI=1S/C41H26N2O/c1-3-11-27(12-4-1)36-25-30(26-37(42-36)29-20-22-41-35(24-29)33-16-8-10-18-40(33)44-41)28-19-21-39-34(23-28)32-15-7-9-17-38(32)43(39)31-13-5-2-6-14-31/h1-26H. The summed E-state index contributed by atoms with van der Waals surface area (Å²) in [6, 6.07) is 55.5. The van der Waals surface area contributed by atoms with Crippen molar-refractivity contribution in [3.63, 3.8) is 0 Å². The lowest BCUT2D eigenvalue weighted by Gasteiger charge is -2.11. The Kier molecular flexibility index (Phi) is 5.50. The number of aromatic nitrogens is 2. The molecule has 3 nitrogen and oxygen atoms in total. The lowest BCUT2D eigenvalue weighted by Crippen LogP contribution is -1.93. The Balaban J connectivity index is 1.26. The van der Waals surface area contributed by atoms with E-state index >= 15 is 0 Å². The zero-order valence-corrected chi connectivity index (χ0v) is 23.8. The Bertz CT molecular complexity index is 2490. The predicted octanol–water partition coefficient (Wildman–Crippen LogP) is 11.1. The average Bonchev–Trinajstić information content (AvgIpc) is 3.64. The van der Waals surface area contributed by atoms with E-state index in [4.69, 9.17) is 9.40 Å². The Hall–Kier alpha value is -5.93. The highest BCUT2D eigenvalue weighted by Gasteiger charge is 2.15. The van der Waals surface area contributed by atoms with Crippen LogP contribution in [0.2, 0.25) is 0 Å². The lowest BCUT2D eigenvalue weighted by molar-refractivity contribution is 0.669. The Morgan fingerprint density at radius 2 is 1.00 bits per heavy atom. The van der Waals surface area contributed by atoms with Gasteiger partial charge in [0.1, 0.15) is 11.2 Å². The molecule has 0 saturated carbocycles. The lowest BCUT2D eigenvalue weighted by atomic mass is 9.98. The molecule has 44 heavy (non-hydrogen) atoms. The maximum atomic E-state index is 6.12. The molecule has 3 aromatic heterocycles. The molecule has 0 aliphatic rings. The van der Waals surface area contributed by atoms with Gasteiger partial charge in [-0.05, 0) is 77.9 Å². The molecule has 0 aliphatic carbocycles. The minimum absolute atomic E-state index is 0.884. The molecule has 9 aromatic rings. The average molecular weight is 563 g/mol. The van der Waals surface area contributed by atoms with Crippen molar-refractivity contribution in [2.75, 3.05) is 0 Å². The van der Waals surface area contributed by atoms with Gasteiger partial charge in [0.2, 0.25) is 0 Å². The van der Waals surface area contributed by atoms with Gasteiger partial charge in [0.25, 0.3) is 0 Å². The monoisotopic (exact) mass is 562 g/mol. The molecule has 9 rings (SSSR count). The first-order valence-electron chi connectivity index (χ1n) is 14.9. The Morgan fingerprint density at radius 1 is 0.386 bits per heavy atom. The summed E-state index contributed by atoms with van der Waals surface area (Å²) in [4.78, 5) is 5.19. The van der Waals surface area contributed by atoms with Gasteiger partial charge < -0.3 is 8.98 Å². The van der Waals surface area contributed by atoms with Crippen LogP contribution in [0.1, 0.15) is 0 Å². The number of hydrogen-bond acceptors (Lipinski definition) is 2. The normalized spacial score (nSPS) is 11.6. The van der Waals surface area contributed by atoms with E-state index in [0.29, 0.717) is 0 Å². The van der Waals surface area contributed by atoms with Gasteiger partial charge in [-0.15, -0.1) is 0 Å². The molecule has 0 atom stereocenters. The third-order valence-corrected chi connectivity index (χ3v) is 8.59. The van der Waals surface area contributed by atoms with Crippen LogP contribution in [-0.2, 0) is 0 Å². The van der Waals surface area contributed by atoms with Gasteiger partial charge in [-0.25, -0.2) is 4.98 Å². The number of furan rings is 1. The molecule has 0 saturated heterocycles. The largest absolute Gasteiger partial charge is 0.456 e. The summed E-state index contributed by atoms with van der Waals surface area (Å²) in [5, 5.41) is 4.68. The number of para-hydroxylation sites is 3. The number of fused-ring (bicyclic) bond motifs is 6. The molecule has 3 heterocycles. The maximum Gasteiger partial charge on any atom is 0.135 e. The van der Waals surface area contributed by atoms with E-state index in [0.717, 1.165) is 61.3 Å². The van der Waals surface area contributed by atoms with E-state index < -0.39 is 0 Å². The third kappa shape index (κ3) is 3.94. The summed E-state index contributed by atoms with van der Waals surface area (Å²) in [5.74, 6) is 0. The van der Waals surface area contributed by atoms with Crippen LogP contribution >= 0.6 is 0 Å². The SMILES string of the molecule is c1ccc(-c2cc(-c3ccc4c(c3)c3ccccc3n4-c3ccccc3)cc(-c3ccc4oc5ccccc5c4c3)n2)cc1. The summed E-state index contributed by atoms with van der Waals surface area (Å²) >= 11 is 0. The van der Waals surface area contributed by atoms with Crippen molar-refractivity contribution >= 4 is 43.7 Å². The molecule has 206 valence electrons. The highest BCUT2D eigenvalue weighted by molar-refractivity contribution is 6.10. The fourth-order valence-electron chi connectivity index (χ4n) is 6.50. The summed E-state index contributed by atoms with van der Waals surface area (Å²) in [6.45, 7) is 0. The second-order valence-electron chi connectivity index (χ2n) is 11.2. The number of benzene rings is 6. The molecule has 6 aromatic carbocycles. The zero-order chi connectivity index (χ0) is 29.0. The van der Waals surface area contributed by atoms with Crippen LogP contribution in [0.25, 0.3) is 83.1 Å². The van der Waals surface area contributed by atoms with E-state index in [1.54, 1.807) is 0 Å². The van der Waals surface area contributed by atoms with E-state index in [2.05, 4.69) is 144 Å². The van der Waals surface area contributed by atoms with Crippen LogP contribution in [0, 0.1) is 0 Å². The minimum atomic E-state index is 0.884.